The Morgan fingerprint density at radius 3 is 0.167 bits per heavy atom. The summed E-state index contributed by atoms with van der Waals surface area (Å²) in [6.45, 7) is 16.3. The topological polar surface area (TPSA) is 316 Å². The van der Waals surface area contributed by atoms with Gasteiger partial charge >= 0.3 is 71.6 Å². The Morgan fingerprint density at radius 2 is 0.155 bits per heavy atom. The number of carbonyl (C=O) groups excluding carboxylic acids is 12. The molecule has 0 bridgehead atoms. The summed E-state index contributed by atoms with van der Waals surface area (Å²) in [4.78, 5) is 115. The first-order valence-corrected chi connectivity index (χ1v) is 27.8. The lowest BCUT2D eigenvalue weighted by atomic mass is 10.0. The highest BCUT2D eigenvalue weighted by Crippen LogP contribution is 2.17. The van der Waals surface area contributed by atoms with Crippen LogP contribution in [0, 0.1) is 0 Å². The van der Waals surface area contributed by atoms with Crippen LogP contribution in [0.3, 0.4) is 0 Å². The van der Waals surface area contributed by atoms with E-state index in [1.54, 1.807) is 0 Å². The lowest BCUT2D eigenvalue weighted by Gasteiger charge is -2.05. The minimum Gasteiger partial charge on any atom is -0.469 e. The summed E-state index contributed by atoms with van der Waals surface area (Å²) in [5, 5.41) is 0. The van der Waals surface area contributed by atoms with Gasteiger partial charge in [-0.05, 0) is 0 Å². The Bertz CT molecular complexity index is 1070. The van der Waals surface area contributed by atoms with Gasteiger partial charge < -0.3 is 56.8 Å². The molecule has 0 aromatic rings. The predicted molar refractivity (Wildman–Crippen MR) is 323 cm³/mol. The Balaban J connectivity index is -0.0000000659. The van der Waals surface area contributed by atoms with E-state index in [9.17, 15) is 57.5 Å². The number of rotatable bonds is 0. The van der Waals surface area contributed by atoms with Gasteiger partial charge in [0.1, 0.15) is 0 Å². The quantitative estimate of drug-likeness (QED) is 0.161. The number of hydrogen-bond donors (Lipinski definition) is 0. The second-order valence-corrected chi connectivity index (χ2v) is 16.8. The molecular formula is C60H120O24. The van der Waals surface area contributed by atoms with Crippen LogP contribution >= 0.6 is 0 Å². The number of ether oxygens (including phenoxy) is 12. The first-order chi connectivity index (χ1) is 39.2. The van der Waals surface area contributed by atoms with Gasteiger partial charge in [-0.25, -0.2) is 0 Å². The van der Waals surface area contributed by atoms with Crippen LogP contribution in [0.15, 0.2) is 0 Å². The second kappa shape index (κ2) is 102. The van der Waals surface area contributed by atoms with Gasteiger partial charge in [0.15, 0.2) is 0 Å². The molecule has 0 N–H and O–H groups in total. The Kier molecular flexibility index (Phi) is 128. The molecule has 0 atom stereocenters. The number of carbonyl (C=O) groups is 12. The lowest BCUT2D eigenvalue weighted by Crippen LogP contribution is -1.88. The van der Waals surface area contributed by atoms with Crippen molar-refractivity contribution in [2.75, 3.05) is 85.3 Å². The van der Waals surface area contributed by atoms with E-state index in [0.717, 1.165) is 0 Å². The first kappa shape index (κ1) is 106. The van der Waals surface area contributed by atoms with Crippen molar-refractivity contribution in [1.82, 2.24) is 0 Å². The summed E-state index contributed by atoms with van der Waals surface area (Å²) >= 11 is 0. The largest absolute Gasteiger partial charge is 0.469 e. The van der Waals surface area contributed by atoms with Gasteiger partial charge in [0.2, 0.25) is 0 Å². The molecule has 4 aliphatic rings. The van der Waals surface area contributed by atoms with Gasteiger partial charge in [-0.3, -0.25) is 57.5 Å². The third-order valence-corrected chi connectivity index (χ3v) is 9.45. The zero-order valence-electron chi connectivity index (χ0n) is 56.8. The van der Waals surface area contributed by atoms with Crippen LogP contribution in [-0.2, 0) is 114 Å². The average molecular weight is 1230 g/mol. The number of hydrogen-bond acceptors (Lipinski definition) is 24. The van der Waals surface area contributed by atoms with Gasteiger partial charge in [-0.1, -0.05) is 154 Å². The van der Waals surface area contributed by atoms with E-state index >= 15 is 0 Å². The molecule has 0 aliphatic heterocycles. The monoisotopic (exact) mass is 1220 g/mol. The van der Waals surface area contributed by atoms with E-state index in [-0.39, 0.29) is 71.6 Å². The molecule has 0 saturated heterocycles. The minimum atomic E-state index is -0.245. The van der Waals surface area contributed by atoms with E-state index in [0.29, 0.717) is 0 Å². The highest BCUT2D eigenvalue weighted by molar-refractivity contribution is 5.68. The molecule has 0 spiro atoms. The molecule has 0 radical (unpaired) electrons. The van der Waals surface area contributed by atoms with Crippen molar-refractivity contribution >= 4 is 71.6 Å². The number of methoxy groups -OCH3 is 12. The maximum Gasteiger partial charge on any atom is 0.302 e. The zero-order valence-corrected chi connectivity index (χ0v) is 56.8. The van der Waals surface area contributed by atoms with Crippen LogP contribution in [0.5, 0.6) is 0 Å². The SMILES string of the molecule is C1CCCCC1.C1CCCCC1.C1CCCCC1.C1CCCCC1.COC(C)=O.COC(C)=O.COC(C)=O.COC(C)=O.COC(C)=O.COC(C)=O.COC(C)=O.COC(C)=O.COC(C)=O.COC(C)=O.COC(C)=O.COC(C)=O. The standard InChI is InChI=1S/4C6H12.12C3H6O2/c4*1-2-4-6-5-3-1;12*1-3(4)5-2/h4*1-6H2;12*1-2H3. The third kappa shape index (κ3) is 243. The molecule has 0 amide bonds. The maximum absolute atomic E-state index is 9.59. The Morgan fingerprint density at radius 1 is 0.131 bits per heavy atom. The molecule has 24 heteroatoms. The van der Waals surface area contributed by atoms with Crippen LogP contribution in [-0.4, -0.2) is 157 Å². The Hall–Kier alpha value is -6.36. The normalized spacial score (nSPS) is 11.7. The van der Waals surface area contributed by atoms with Gasteiger partial charge in [-0.15, -0.1) is 0 Å². The summed E-state index contributed by atoms with van der Waals surface area (Å²) in [5.74, 6) is -2.94. The molecule has 4 aliphatic carbocycles. The highest BCUT2D eigenvalue weighted by atomic mass is 16.6. The molecule has 504 valence electrons. The van der Waals surface area contributed by atoms with E-state index in [2.05, 4.69) is 56.8 Å². The fourth-order valence-corrected chi connectivity index (χ4v) is 4.24. The van der Waals surface area contributed by atoms with Crippen molar-refractivity contribution in [2.45, 2.75) is 237 Å². The molecule has 24 nitrogen and oxygen atoms in total. The molecule has 0 aromatic heterocycles. The fourth-order valence-electron chi connectivity index (χ4n) is 4.24. The first-order valence-electron chi connectivity index (χ1n) is 27.8. The molecule has 0 aromatic carbocycles. The smallest absolute Gasteiger partial charge is 0.302 e. The summed E-state index contributed by atoms with van der Waals surface area (Å²) in [6, 6.07) is 0. The summed E-state index contributed by atoms with van der Waals surface area (Å²) < 4.78 is 49.3. The van der Waals surface area contributed by atoms with E-state index in [1.165, 1.54) is 323 Å². The predicted octanol–water partition coefficient (Wildman–Crippen LogP) is 11.5. The lowest BCUT2D eigenvalue weighted by molar-refractivity contribution is -0.138. The van der Waals surface area contributed by atoms with Gasteiger partial charge in [0.05, 0.1) is 85.3 Å². The van der Waals surface area contributed by atoms with Crippen LogP contribution in [0.1, 0.15) is 237 Å². The maximum atomic E-state index is 9.59. The van der Waals surface area contributed by atoms with Crippen molar-refractivity contribution in [2.24, 2.45) is 0 Å². The molecular weight excluding hydrogens is 1100 g/mol. The number of esters is 12. The van der Waals surface area contributed by atoms with Crippen molar-refractivity contribution in [1.29, 1.82) is 0 Å². The minimum absolute atomic E-state index is 0.245. The van der Waals surface area contributed by atoms with Crippen LogP contribution < -0.4 is 0 Å². The van der Waals surface area contributed by atoms with Crippen LogP contribution in [0.25, 0.3) is 0 Å². The van der Waals surface area contributed by atoms with E-state index in [1.807, 2.05) is 0 Å². The second-order valence-electron chi connectivity index (χ2n) is 16.8. The van der Waals surface area contributed by atoms with Crippen molar-refractivity contribution < 1.29 is 114 Å². The zero-order chi connectivity index (χ0) is 68.4. The third-order valence-electron chi connectivity index (χ3n) is 9.45. The van der Waals surface area contributed by atoms with E-state index < -0.39 is 0 Å². The fraction of sp³-hybridized carbons (Fsp3) is 0.800. The molecule has 4 saturated carbocycles. The average Bonchev–Trinajstić information content (AvgIpc) is 3.50. The van der Waals surface area contributed by atoms with Gasteiger partial charge in [0, 0.05) is 83.1 Å². The van der Waals surface area contributed by atoms with Crippen LogP contribution in [0.2, 0.25) is 0 Å². The summed E-state index contributed by atoms with van der Waals surface area (Å²) in [6.07, 6.45) is 36.0. The molecule has 0 heterocycles. The summed E-state index contributed by atoms with van der Waals surface area (Å²) in [5.41, 5.74) is 0. The molecule has 4 rings (SSSR count). The van der Waals surface area contributed by atoms with Crippen molar-refractivity contribution in [3.63, 3.8) is 0 Å². The highest BCUT2D eigenvalue weighted by Gasteiger charge is 1.97. The summed E-state index contributed by atoms with van der Waals surface area (Å²) in [7, 11) is 16.2. The Labute approximate surface area is 507 Å². The van der Waals surface area contributed by atoms with Crippen molar-refractivity contribution in [3.8, 4) is 0 Å². The molecule has 0 unspecified atom stereocenters. The molecule has 4 fully saturated rings. The van der Waals surface area contributed by atoms with Gasteiger partial charge in [-0.2, -0.15) is 0 Å². The van der Waals surface area contributed by atoms with Crippen molar-refractivity contribution in [3.05, 3.63) is 0 Å². The van der Waals surface area contributed by atoms with Gasteiger partial charge in [0.25, 0.3) is 0 Å². The van der Waals surface area contributed by atoms with Crippen LogP contribution in [0.4, 0.5) is 0 Å². The van der Waals surface area contributed by atoms with E-state index in [4.69, 9.17) is 0 Å². The molecule has 84 heavy (non-hydrogen) atoms.